The van der Waals surface area contributed by atoms with E-state index in [4.69, 9.17) is 4.52 Å². The first-order chi connectivity index (χ1) is 12.9. The van der Waals surface area contributed by atoms with Crippen LogP contribution in [0.2, 0.25) is 0 Å². The molecule has 2 N–H and O–H groups in total. The minimum absolute atomic E-state index is 0.0527. The first-order valence-electron chi connectivity index (χ1n) is 8.33. The van der Waals surface area contributed by atoms with Crippen LogP contribution in [-0.4, -0.2) is 60.1 Å². The number of carbonyl (C=O) groups is 2. The molecule has 0 atom stereocenters. The summed E-state index contributed by atoms with van der Waals surface area (Å²) in [4.78, 5) is 28.2. The minimum Gasteiger partial charge on any atom is -0.347 e. The van der Waals surface area contributed by atoms with Crippen LogP contribution >= 0.6 is 0 Å². The molecule has 2 heterocycles. The Kier molecular flexibility index (Phi) is 5.51. The highest BCUT2D eigenvalue weighted by atomic mass is 32.2. The lowest BCUT2D eigenvalue weighted by atomic mass is 10.1. The maximum atomic E-state index is 12.1. The van der Waals surface area contributed by atoms with Gasteiger partial charge in [0.2, 0.25) is 21.7 Å². The number of aryl methyl sites for hydroxylation is 1. The molecule has 0 aliphatic carbocycles. The van der Waals surface area contributed by atoms with Crippen LogP contribution in [0.5, 0.6) is 0 Å². The highest BCUT2D eigenvalue weighted by molar-refractivity contribution is 7.89. The molecule has 1 fully saturated rings. The second-order valence-electron chi connectivity index (χ2n) is 5.96. The number of carbonyl (C=O) groups excluding carboxylic acids is 2. The van der Waals surface area contributed by atoms with E-state index in [0.717, 1.165) is 0 Å². The van der Waals surface area contributed by atoms with Crippen molar-refractivity contribution in [1.29, 1.82) is 0 Å². The Hall–Kier alpha value is -2.79. The molecule has 2 aromatic rings. The molecule has 27 heavy (non-hydrogen) atoms. The van der Waals surface area contributed by atoms with Gasteiger partial charge in [0.25, 0.3) is 0 Å². The first-order valence-corrected chi connectivity index (χ1v) is 9.94. The summed E-state index contributed by atoms with van der Waals surface area (Å²) in [6.07, 6.45) is 0.573. The maximum absolute atomic E-state index is 12.1. The smallest absolute Gasteiger partial charge is 0.313 e. The minimum atomic E-state index is -3.23. The van der Waals surface area contributed by atoms with Crippen LogP contribution in [0.1, 0.15) is 12.3 Å². The van der Waals surface area contributed by atoms with Crippen molar-refractivity contribution in [2.45, 2.75) is 13.3 Å². The van der Waals surface area contributed by atoms with Gasteiger partial charge in [-0.25, -0.2) is 12.7 Å². The molecule has 0 unspecified atom stereocenters. The zero-order chi connectivity index (χ0) is 19.4. The van der Waals surface area contributed by atoms with Gasteiger partial charge in [-0.3, -0.25) is 9.59 Å². The third-order valence-electron chi connectivity index (χ3n) is 4.00. The van der Waals surface area contributed by atoms with Gasteiger partial charge in [-0.05, 0) is 18.6 Å². The fourth-order valence-corrected chi connectivity index (χ4v) is 4.22. The number of hydrogen-bond acceptors (Lipinski definition) is 7. The van der Waals surface area contributed by atoms with Crippen LogP contribution in [0, 0.1) is 6.92 Å². The number of nitrogens with one attached hydrogen (secondary N) is 2. The van der Waals surface area contributed by atoms with Crippen molar-refractivity contribution in [2.24, 2.45) is 0 Å². The van der Waals surface area contributed by atoms with E-state index in [-0.39, 0.29) is 18.8 Å². The maximum Gasteiger partial charge on any atom is 0.313 e. The first kappa shape index (κ1) is 19.0. The van der Waals surface area contributed by atoms with Crippen LogP contribution in [0.3, 0.4) is 0 Å². The summed E-state index contributed by atoms with van der Waals surface area (Å²) < 4.78 is 29.6. The van der Waals surface area contributed by atoms with Crippen molar-refractivity contribution >= 4 is 27.5 Å². The van der Waals surface area contributed by atoms with Gasteiger partial charge in [0, 0.05) is 32.1 Å². The monoisotopic (exact) mass is 393 g/mol. The third-order valence-corrected chi connectivity index (χ3v) is 5.96. The van der Waals surface area contributed by atoms with Gasteiger partial charge in [0.15, 0.2) is 0 Å². The molecule has 0 radical (unpaired) electrons. The summed E-state index contributed by atoms with van der Waals surface area (Å²) >= 11 is 0. The summed E-state index contributed by atoms with van der Waals surface area (Å²) in [5.74, 6) is -0.935. The van der Waals surface area contributed by atoms with Gasteiger partial charge in [0.05, 0.1) is 11.4 Å². The lowest BCUT2D eigenvalue weighted by molar-refractivity contribution is -0.136. The predicted octanol–water partition coefficient (Wildman–Crippen LogP) is 0.135. The average Bonchev–Trinajstić information content (AvgIpc) is 3.20. The van der Waals surface area contributed by atoms with Crippen LogP contribution in [0.25, 0.3) is 11.4 Å². The highest BCUT2D eigenvalue weighted by Crippen LogP contribution is 2.25. The van der Waals surface area contributed by atoms with Crippen molar-refractivity contribution in [2.75, 3.05) is 30.7 Å². The lowest BCUT2D eigenvalue weighted by Crippen LogP contribution is -2.40. The molecule has 1 saturated heterocycles. The molecule has 0 spiro atoms. The van der Waals surface area contributed by atoms with E-state index in [2.05, 4.69) is 20.8 Å². The number of benzene rings is 1. The molecule has 3 rings (SSSR count). The Morgan fingerprint density at radius 1 is 1.26 bits per heavy atom. The van der Waals surface area contributed by atoms with E-state index in [1.807, 2.05) is 0 Å². The predicted molar refractivity (Wildman–Crippen MR) is 96.1 cm³/mol. The van der Waals surface area contributed by atoms with E-state index in [0.29, 0.717) is 35.9 Å². The van der Waals surface area contributed by atoms with Crippen molar-refractivity contribution in [3.8, 4) is 11.4 Å². The number of sulfonamides is 1. The summed E-state index contributed by atoms with van der Waals surface area (Å²) in [5, 5.41) is 8.74. The van der Waals surface area contributed by atoms with E-state index in [1.54, 1.807) is 31.2 Å². The number of aromatic nitrogens is 2. The fourth-order valence-electron chi connectivity index (χ4n) is 2.69. The van der Waals surface area contributed by atoms with Crippen molar-refractivity contribution in [3.05, 3.63) is 30.2 Å². The Labute approximate surface area is 156 Å². The van der Waals surface area contributed by atoms with Gasteiger partial charge in [0.1, 0.15) is 0 Å². The van der Waals surface area contributed by atoms with Gasteiger partial charge in [-0.1, -0.05) is 17.3 Å². The lowest BCUT2D eigenvalue weighted by Gasteiger charge is -2.14. The van der Waals surface area contributed by atoms with Crippen LogP contribution < -0.4 is 10.6 Å². The zero-order valence-electron chi connectivity index (χ0n) is 14.6. The van der Waals surface area contributed by atoms with E-state index in [9.17, 15) is 18.0 Å². The van der Waals surface area contributed by atoms with Crippen LogP contribution in [0.4, 0.5) is 5.69 Å². The summed E-state index contributed by atoms with van der Waals surface area (Å²) in [6.45, 7) is 2.27. The van der Waals surface area contributed by atoms with Crippen molar-refractivity contribution in [3.63, 3.8) is 0 Å². The third kappa shape index (κ3) is 4.49. The summed E-state index contributed by atoms with van der Waals surface area (Å²) in [6, 6.07) is 6.74. The normalized spacial score (nSPS) is 16.2. The second kappa shape index (κ2) is 7.84. The standard InChI is InChI=1S/C16H19N5O5S/c1-11-18-14(20-26-11)12-5-2-3-6-13(12)19-16(23)15(22)17-7-9-21-8-4-10-27(21,24)25/h2-3,5-6H,4,7-10H2,1H3,(H,17,22)(H,19,23). The SMILES string of the molecule is Cc1nc(-c2ccccc2NC(=O)C(=O)NCCN2CCCS2(=O)=O)no1. The summed E-state index contributed by atoms with van der Waals surface area (Å²) in [7, 11) is -3.23. The molecule has 0 saturated carbocycles. The molecule has 1 aromatic heterocycles. The van der Waals surface area contributed by atoms with E-state index in [1.165, 1.54) is 4.31 Å². The molecule has 10 nitrogen and oxygen atoms in total. The molecule has 1 aliphatic rings. The number of para-hydroxylation sites is 1. The van der Waals surface area contributed by atoms with Crippen LogP contribution in [-0.2, 0) is 19.6 Å². The number of rotatable bonds is 5. The van der Waals surface area contributed by atoms with Gasteiger partial charge in [-0.2, -0.15) is 4.98 Å². The van der Waals surface area contributed by atoms with Crippen molar-refractivity contribution < 1.29 is 22.5 Å². The van der Waals surface area contributed by atoms with Crippen molar-refractivity contribution in [1.82, 2.24) is 19.8 Å². The molecule has 1 aliphatic heterocycles. The second-order valence-corrected chi connectivity index (χ2v) is 8.05. The highest BCUT2D eigenvalue weighted by Gasteiger charge is 2.27. The fraction of sp³-hybridized carbons (Fsp3) is 0.375. The molecular formula is C16H19N5O5S. The average molecular weight is 393 g/mol. The van der Waals surface area contributed by atoms with Gasteiger partial charge >= 0.3 is 11.8 Å². The number of hydrogen-bond donors (Lipinski definition) is 2. The molecular weight excluding hydrogens is 374 g/mol. The Morgan fingerprint density at radius 2 is 2.04 bits per heavy atom. The molecule has 144 valence electrons. The molecule has 11 heteroatoms. The number of nitrogens with zero attached hydrogens (tertiary/aromatic N) is 3. The quantitative estimate of drug-likeness (QED) is 0.690. The summed E-state index contributed by atoms with van der Waals surface area (Å²) in [5.41, 5.74) is 0.874. The molecule has 2 amide bonds. The Bertz CT molecular complexity index is 956. The largest absolute Gasteiger partial charge is 0.347 e. The Balaban J connectivity index is 1.58. The Morgan fingerprint density at radius 3 is 2.70 bits per heavy atom. The molecule has 0 bridgehead atoms. The van der Waals surface area contributed by atoms with E-state index >= 15 is 0 Å². The number of amides is 2. The van der Waals surface area contributed by atoms with Gasteiger partial charge in [-0.15, -0.1) is 0 Å². The van der Waals surface area contributed by atoms with E-state index < -0.39 is 21.8 Å². The molecule has 1 aromatic carbocycles. The van der Waals surface area contributed by atoms with Gasteiger partial charge < -0.3 is 15.2 Å². The number of anilines is 1. The zero-order valence-corrected chi connectivity index (χ0v) is 15.5. The topological polar surface area (TPSA) is 134 Å². The van der Waals surface area contributed by atoms with Crippen LogP contribution in [0.15, 0.2) is 28.8 Å².